The summed E-state index contributed by atoms with van der Waals surface area (Å²) >= 11 is 6.06. The predicted octanol–water partition coefficient (Wildman–Crippen LogP) is 1.89. The summed E-state index contributed by atoms with van der Waals surface area (Å²) < 4.78 is 27.4. The molecule has 3 saturated heterocycles. The average molecular weight is 343 g/mol. The van der Waals surface area contributed by atoms with E-state index in [1.54, 1.807) is 37.1 Å². The third kappa shape index (κ3) is 2.43. The Morgan fingerprint density at radius 2 is 1.95 bits per heavy atom. The lowest BCUT2D eigenvalue weighted by molar-refractivity contribution is -0.138. The standard InChI is InChI=1S/C15H19ClN2O3S/c1-10-13(16)4-3-5-14(10)22(20,21)18-8-11-6-7-12(9-18)17(2)15(11)19/h3-5,11-12H,6-9H2,1-2H3/t11-,12+/m1/s1. The highest BCUT2D eigenvalue weighted by Crippen LogP contribution is 2.32. The Bertz CT molecular complexity index is 719. The van der Waals surface area contributed by atoms with Gasteiger partial charge in [-0.15, -0.1) is 0 Å². The Kier molecular flexibility index (Phi) is 3.95. The van der Waals surface area contributed by atoms with Gasteiger partial charge in [0, 0.05) is 31.2 Å². The topological polar surface area (TPSA) is 57.7 Å². The molecule has 0 radical (unpaired) electrons. The van der Waals surface area contributed by atoms with Crippen molar-refractivity contribution in [3.8, 4) is 0 Å². The molecule has 22 heavy (non-hydrogen) atoms. The molecule has 0 N–H and O–H groups in total. The number of rotatable bonds is 2. The zero-order chi connectivity index (χ0) is 16.1. The van der Waals surface area contributed by atoms with Gasteiger partial charge < -0.3 is 4.90 Å². The minimum atomic E-state index is -3.64. The van der Waals surface area contributed by atoms with Crippen molar-refractivity contribution in [3.63, 3.8) is 0 Å². The Balaban J connectivity index is 2.00. The molecule has 5 nitrogen and oxygen atoms in total. The van der Waals surface area contributed by atoms with Crippen molar-refractivity contribution in [1.29, 1.82) is 0 Å². The summed E-state index contributed by atoms with van der Waals surface area (Å²) in [5.41, 5.74) is 0.556. The summed E-state index contributed by atoms with van der Waals surface area (Å²) in [6.07, 6.45) is 1.61. The molecule has 3 fully saturated rings. The summed E-state index contributed by atoms with van der Waals surface area (Å²) in [7, 11) is -1.88. The molecule has 7 heteroatoms. The molecular formula is C15H19ClN2O3S. The highest BCUT2D eigenvalue weighted by molar-refractivity contribution is 7.89. The molecule has 3 aliphatic rings. The van der Waals surface area contributed by atoms with Crippen molar-refractivity contribution >= 4 is 27.5 Å². The second-order valence-electron chi connectivity index (χ2n) is 6.06. The van der Waals surface area contributed by atoms with Gasteiger partial charge in [0.25, 0.3) is 0 Å². The van der Waals surface area contributed by atoms with E-state index in [1.807, 2.05) is 0 Å². The summed E-state index contributed by atoms with van der Waals surface area (Å²) in [5.74, 6) is -0.185. The molecule has 1 aromatic carbocycles. The van der Waals surface area contributed by atoms with E-state index in [9.17, 15) is 13.2 Å². The fraction of sp³-hybridized carbons (Fsp3) is 0.533. The first-order chi connectivity index (χ1) is 10.3. The van der Waals surface area contributed by atoms with Crippen LogP contribution in [-0.4, -0.2) is 49.7 Å². The quantitative estimate of drug-likeness (QED) is 0.824. The average Bonchev–Trinajstić information content (AvgIpc) is 2.76. The Hall–Kier alpha value is -1.11. The van der Waals surface area contributed by atoms with Gasteiger partial charge in [-0.3, -0.25) is 4.79 Å². The van der Waals surface area contributed by atoms with Gasteiger partial charge in [0.05, 0.1) is 10.8 Å². The summed E-state index contributed by atoms with van der Waals surface area (Å²) in [4.78, 5) is 14.2. The second kappa shape index (κ2) is 5.51. The number of hydrogen-bond donors (Lipinski definition) is 0. The van der Waals surface area contributed by atoms with Gasteiger partial charge >= 0.3 is 0 Å². The maximum atomic E-state index is 13.0. The molecule has 0 saturated carbocycles. The third-order valence-electron chi connectivity index (χ3n) is 4.77. The molecule has 4 rings (SSSR count). The smallest absolute Gasteiger partial charge is 0.243 e. The molecule has 3 aliphatic heterocycles. The molecule has 0 unspecified atom stereocenters. The normalized spacial score (nSPS) is 26.3. The number of nitrogens with zero attached hydrogens (tertiary/aromatic N) is 2. The number of benzene rings is 1. The molecule has 2 bridgehead atoms. The number of carbonyl (C=O) groups excluding carboxylic acids is 1. The summed E-state index contributed by atoms with van der Waals surface area (Å²) in [6.45, 7) is 2.32. The van der Waals surface area contributed by atoms with Crippen LogP contribution >= 0.6 is 11.6 Å². The van der Waals surface area contributed by atoms with Crippen molar-refractivity contribution in [2.75, 3.05) is 20.1 Å². The van der Waals surface area contributed by atoms with Gasteiger partial charge in [-0.05, 0) is 37.5 Å². The number of likely N-dealkylation sites (N-methyl/N-ethyl adjacent to an activating group) is 1. The summed E-state index contributed by atoms with van der Waals surface area (Å²) in [6, 6.07) is 4.86. The zero-order valence-electron chi connectivity index (χ0n) is 12.6. The minimum absolute atomic E-state index is 0.0412. The van der Waals surface area contributed by atoms with Gasteiger partial charge in [-0.25, -0.2) is 8.42 Å². The lowest BCUT2D eigenvalue weighted by atomic mass is 9.95. The van der Waals surface area contributed by atoms with Gasteiger partial charge in [-0.1, -0.05) is 17.7 Å². The van der Waals surface area contributed by atoms with Crippen LogP contribution in [0.4, 0.5) is 0 Å². The van der Waals surface area contributed by atoms with E-state index in [0.717, 1.165) is 12.8 Å². The van der Waals surface area contributed by atoms with Crippen LogP contribution in [-0.2, 0) is 14.8 Å². The number of fused-ring (bicyclic) bond motifs is 4. The largest absolute Gasteiger partial charge is 0.341 e. The van der Waals surface area contributed by atoms with E-state index in [4.69, 9.17) is 11.6 Å². The van der Waals surface area contributed by atoms with Crippen LogP contribution in [0, 0.1) is 12.8 Å². The van der Waals surface area contributed by atoms with Gasteiger partial charge in [0.1, 0.15) is 0 Å². The van der Waals surface area contributed by atoms with Crippen LogP contribution in [0.5, 0.6) is 0 Å². The van der Waals surface area contributed by atoms with Crippen molar-refractivity contribution < 1.29 is 13.2 Å². The molecule has 0 aromatic heterocycles. The molecular weight excluding hydrogens is 324 g/mol. The number of carbonyl (C=O) groups is 1. The van der Waals surface area contributed by atoms with E-state index in [0.29, 0.717) is 17.1 Å². The SMILES string of the molecule is Cc1c(Cl)cccc1S(=O)(=O)N1C[C@H]2CC[C@@H](C1)N(C)C2=O. The first kappa shape index (κ1) is 15.8. The van der Waals surface area contributed by atoms with E-state index in [-0.39, 0.29) is 29.3 Å². The highest BCUT2D eigenvalue weighted by atomic mass is 35.5. The van der Waals surface area contributed by atoms with E-state index in [1.165, 1.54) is 4.31 Å². The molecule has 0 spiro atoms. The molecule has 120 valence electrons. The fourth-order valence-corrected chi connectivity index (χ4v) is 5.32. The van der Waals surface area contributed by atoms with Gasteiger partial charge in [0.2, 0.25) is 15.9 Å². The van der Waals surface area contributed by atoms with E-state index < -0.39 is 10.0 Å². The monoisotopic (exact) mass is 342 g/mol. The van der Waals surface area contributed by atoms with Crippen molar-refractivity contribution in [1.82, 2.24) is 9.21 Å². The minimum Gasteiger partial charge on any atom is -0.341 e. The lowest BCUT2D eigenvalue weighted by Crippen LogP contribution is -2.45. The van der Waals surface area contributed by atoms with Gasteiger partial charge in [0.15, 0.2) is 0 Å². The third-order valence-corrected chi connectivity index (χ3v) is 7.15. The number of amides is 1. The Morgan fingerprint density at radius 1 is 1.23 bits per heavy atom. The van der Waals surface area contributed by atoms with E-state index in [2.05, 4.69) is 0 Å². The lowest BCUT2D eigenvalue weighted by Gasteiger charge is -2.32. The van der Waals surface area contributed by atoms with Crippen LogP contribution < -0.4 is 0 Å². The number of piperidine rings is 1. The van der Waals surface area contributed by atoms with Crippen molar-refractivity contribution in [2.24, 2.45) is 5.92 Å². The maximum Gasteiger partial charge on any atom is 0.243 e. The van der Waals surface area contributed by atoms with Crippen LogP contribution in [0.1, 0.15) is 18.4 Å². The molecule has 2 atom stereocenters. The van der Waals surface area contributed by atoms with Crippen LogP contribution in [0.2, 0.25) is 5.02 Å². The number of hydrogen-bond acceptors (Lipinski definition) is 3. The van der Waals surface area contributed by atoms with Gasteiger partial charge in [-0.2, -0.15) is 4.31 Å². The highest BCUT2D eigenvalue weighted by Gasteiger charge is 2.42. The predicted molar refractivity (Wildman–Crippen MR) is 84.2 cm³/mol. The summed E-state index contributed by atoms with van der Waals surface area (Å²) in [5, 5.41) is 0.437. The molecule has 1 aromatic rings. The van der Waals surface area contributed by atoms with E-state index >= 15 is 0 Å². The van der Waals surface area contributed by atoms with Crippen molar-refractivity contribution in [3.05, 3.63) is 28.8 Å². The van der Waals surface area contributed by atoms with Crippen LogP contribution in [0.25, 0.3) is 0 Å². The Morgan fingerprint density at radius 3 is 2.68 bits per heavy atom. The number of sulfonamides is 1. The molecule has 1 amide bonds. The van der Waals surface area contributed by atoms with Crippen LogP contribution in [0.15, 0.2) is 23.1 Å². The zero-order valence-corrected chi connectivity index (χ0v) is 14.2. The molecule has 3 heterocycles. The molecule has 0 aliphatic carbocycles. The maximum absolute atomic E-state index is 13.0. The van der Waals surface area contributed by atoms with Crippen molar-refractivity contribution in [2.45, 2.75) is 30.7 Å². The fourth-order valence-electron chi connectivity index (χ4n) is 3.32. The number of halogens is 1. The first-order valence-corrected chi connectivity index (χ1v) is 9.16. The Labute approximate surface area is 135 Å². The van der Waals surface area contributed by atoms with Crippen LogP contribution in [0.3, 0.4) is 0 Å². The second-order valence-corrected chi connectivity index (χ2v) is 8.38. The first-order valence-electron chi connectivity index (χ1n) is 7.34.